The van der Waals surface area contributed by atoms with Gasteiger partial charge in [-0.3, -0.25) is 4.90 Å². The Balaban J connectivity index is 1.95. The number of aryl methyl sites for hydroxylation is 1. The summed E-state index contributed by atoms with van der Waals surface area (Å²) in [6, 6.07) is 8.37. The highest BCUT2D eigenvalue weighted by atomic mass is 16.5. The Hall–Kier alpha value is -1.02. The summed E-state index contributed by atoms with van der Waals surface area (Å²) in [7, 11) is 0. The highest BCUT2D eigenvalue weighted by Gasteiger charge is 2.28. The maximum atomic E-state index is 6.09. The normalized spacial score (nSPS) is 21.9. The predicted octanol–water partition coefficient (Wildman–Crippen LogP) is 3.64. The fourth-order valence-corrected chi connectivity index (χ4v) is 2.45. The van der Waals surface area contributed by atoms with Crippen LogP contribution < -0.4 is 4.74 Å². The van der Waals surface area contributed by atoms with Crippen LogP contribution in [0.2, 0.25) is 0 Å². The van der Waals surface area contributed by atoms with Crippen molar-refractivity contribution in [1.82, 2.24) is 4.90 Å². The van der Waals surface area contributed by atoms with Crippen molar-refractivity contribution >= 4 is 0 Å². The molecule has 0 aromatic heterocycles. The minimum Gasteiger partial charge on any atom is -0.489 e. The summed E-state index contributed by atoms with van der Waals surface area (Å²) in [4.78, 5) is 2.52. The maximum absolute atomic E-state index is 6.09. The number of benzene rings is 1. The molecule has 1 fully saturated rings. The van der Waals surface area contributed by atoms with Crippen LogP contribution in [-0.2, 0) is 0 Å². The van der Waals surface area contributed by atoms with Gasteiger partial charge in [0.1, 0.15) is 11.9 Å². The van der Waals surface area contributed by atoms with E-state index in [2.05, 4.69) is 56.9 Å². The lowest BCUT2D eigenvalue weighted by atomic mass is 9.99. The molecule has 0 saturated carbocycles. The molecule has 1 heterocycles. The molecular weight excluding hydrogens is 222 g/mol. The van der Waals surface area contributed by atoms with Gasteiger partial charge in [-0.2, -0.15) is 0 Å². The zero-order chi connectivity index (χ0) is 13.2. The average molecular weight is 247 g/mol. The quantitative estimate of drug-likeness (QED) is 0.791. The van der Waals surface area contributed by atoms with E-state index in [-0.39, 0.29) is 5.54 Å². The smallest absolute Gasteiger partial charge is 0.119 e. The fraction of sp³-hybridized carbons (Fsp3) is 0.625. The third kappa shape index (κ3) is 3.49. The summed E-state index contributed by atoms with van der Waals surface area (Å²) >= 11 is 0. The van der Waals surface area contributed by atoms with E-state index in [9.17, 15) is 0 Å². The lowest BCUT2D eigenvalue weighted by molar-refractivity contribution is 0.0346. The largest absolute Gasteiger partial charge is 0.489 e. The molecule has 1 atom stereocenters. The van der Waals surface area contributed by atoms with E-state index in [0.717, 1.165) is 12.3 Å². The molecule has 18 heavy (non-hydrogen) atoms. The van der Waals surface area contributed by atoms with E-state index in [4.69, 9.17) is 4.74 Å². The Morgan fingerprint density at radius 3 is 2.44 bits per heavy atom. The van der Waals surface area contributed by atoms with Crippen LogP contribution in [0.3, 0.4) is 0 Å². The topological polar surface area (TPSA) is 12.5 Å². The number of ether oxygens (including phenoxy) is 1. The SMILES string of the molecule is Cc1ccc(OC2CCCN(C(C)(C)C)C2)cc1. The van der Waals surface area contributed by atoms with E-state index in [1.165, 1.54) is 24.9 Å². The summed E-state index contributed by atoms with van der Waals surface area (Å²) in [5, 5.41) is 0. The van der Waals surface area contributed by atoms with Gasteiger partial charge in [0.05, 0.1) is 0 Å². The van der Waals surface area contributed by atoms with Crippen LogP contribution in [-0.4, -0.2) is 29.6 Å². The zero-order valence-electron chi connectivity index (χ0n) is 12.1. The van der Waals surface area contributed by atoms with Crippen LogP contribution >= 0.6 is 0 Å². The van der Waals surface area contributed by atoms with E-state index < -0.39 is 0 Å². The summed E-state index contributed by atoms with van der Waals surface area (Å²) in [6.07, 6.45) is 2.73. The van der Waals surface area contributed by atoms with E-state index in [1.807, 2.05) is 0 Å². The van der Waals surface area contributed by atoms with Gasteiger partial charge in [-0.15, -0.1) is 0 Å². The van der Waals surface area contributed by atoms with Crippen molar-refractivity contribution in [3.05, 3.63) is 29.8 Å². The summed E-state index contributed by atoms with van der Waals surface area (Å²) < 4.78 is 6.09. The lowest BCUT2D eigenvalue weighted by Gasteiger charge is -2.41. The Kier molecular flexibility index (Phi) is 3.96. The van der Waals surface area contributed by atoms with Crippen LogP contribution in [0.15, 0.2) is 24.3 Å². The zero-order valence-corrected chi connectivity index (χ0v) is 12.1. The van der Waals surface area contributed by atoms with Crippen molar-refractivity contribution in [3.63, 3.8) is 0 Å². The molecule has 0 N–H and O–H groups in total. The standard InChI is InChI=1S/C16H25NO/c1-13-7-9-14(10-8-13)18-15-6-5-11-17(12-15)16(2,3)4/h7-10,15H,5-6,11-12H2,1-4H3. The minimum absolute atomic E-state index is 0.245. The first-order chi connectivity index (χ1) is 8.45. The Morgan fingerprint density at radius 1 is 1.17 bits per heavy atom. The highest BCUT2D eigenvalue weighted by Crippen LogP contribution is 2.23. The number of likely N-dealkylation sites (tertiary alicyclic amines) is 1. The first kappa shape index (κ1) is 13.4. The average Bonchev–Trinajstić information content (AvgIpc) is 2.31. The van der Waals surface area contributed by atoms with Gasteiger partial charge < -0.3 is 4.74 Å². The predicted molar refractivity (Wildman–Crippen MR) is 76.2 cm³/mol. The molecule has 0 spiro atoms. The van der Waals surface area contributed by atoms with E-state index in [1.54, 1.807) is 0 Å². The van der Waals surface area contributed by atoms with E-state index in [0.29, 0.717) is 6.10 Å². The van der Waals surface area contributed by atoms with Gasteiger partial charge in [0.25, 0.3) is 0 Å². The van der Waals surface area contributed by atoms with Gasteiger partial charge in [-0.1, -0.05) is 17.7 Å². The Morgan fingerprint density at radius 2 is 1.83 bits per heavy atom. The minimum atomic E-state index is 0.245. The third-order valence-electron chi connectivity index (χ3n) is 3.65. The lowest BCUT2D eigenvalue weighted by Crippen LogP contribution is -2.50. The molecule has 0 amide bonds. The van der Waals surface area contributed by atoms with Crippen molar-refractivity contribution in [3.8, 4) is 5.75 Å². The second-order valence-corrected chi connectivity index (χ2v) is 6.31. The van der Waals surface area contributed by atoms with Gasteiger partial charge in [0.15, 0.2) is 0 Å². The van der Waals surface area contributed by atoms with Crippen molar-refractivity contribution in [2.45, 2.75) is 52.2 Å². The van der Waals surface area contributed by atoms with Gasteiger partial charge in [-0.25, -0.2) is 0 Å². The monoisotopic (exact) mass is 247 g/mol. The van der Waals surface area contributed by atoms with Gasteiger partial charge in [-0.05, 0) is 59.2 Å². The number of hydrogen-bond acceptors (Lipinski definition) is 2. The summed E-state index contributed by atoms with van der Waals surface area (Å²) in [5.41, 5.74) is 1.53. The molecule has 2 heteroatoms. The van der Waals surface area contributed by atoms with Crippen LogP contribution in [0, 0.1) is 6.92 Å². The molecule has 0 aliphatic carbocycles. The number of hydrogen-bond donors (Lipinski definition) is 0. The number of piperidine rings is 1. The van der Waals surface area contributed by atoms with Crippen molar-refractivity contribution < 1.29 is 4.74 Å². The van der Waals surface area contributed by atoms with Crippen LogP contribution in [0.25, 0.3) is 0 Å². The molecule has 1 aromatic carbocycles. The first-order valence-corrected chi connectivity index (χ1v) is 6.93. The maximum Gasteiger partial charge on any atom is 0.119 e. The second-order valence-electron chi connectivity index (χ2n) is 6.31. The Bertz CT molecular complexity index is 377. The van der Waals surface area contributed by atoms with Crippen molar-refractivity contribution in [2.75, 3.05) is 13.1 Å². The molecule has 1 saturated heterocycles. The summed E-state index contributed by atoms with van der Waals surface area (Å²) in [6.45, 7) is 11.2. The second kappa shape index (κ2) is 5.31. The van der Waals surface area contributed by atoms with Crippen LogP contribution in [0.4, 0.5) is 0 Å². The van der Waals surface area contributed by atoms with Crippen molar-refractivity contribution in [1.29, 1.82) is 0 Å². The highest BCUT2D eigenvalue weighted by molar-refractivity contribution is 5.26. The Labute approximate surface area is 111 Å². The molecule has 0 bridgehead atoms. The molecular formula is C16H25NO. The van der Waals surface area contributed by atoms with Crippen molar-refractivity contribution in [2.24, 2.45) is 0 Å². The molecule has 100 valence electrons. The number of nitrogens with zero attached hydrogens (tertiary/aromatic N) is 1. The molecule has 1 aliphatic rings. The molecule has 1 unspecified atom stereocenters. The van der Waals surface area contributed by atoms with Gasteiger partial charge in [0.2, 0.25) is 0 Å². The van der Waals surface area contributed by atoms with Crippen LogP contribution in [0.1, 0.15) is 39.2 Å². The fourth-order valence-electron chi connectivity index (χ4n) is 2.45. The van der Waals surface area contributed by atoms with Crippen LogP contribution in [0.5, 0.6) is 5.75 Å². The molecule has 1 aliphatic heterocycles. The van der Waals surface area contributed by atoms with Gasteiger partial charge in [0, 0.05) is 12.1 Å². The molecule has 0 radical (unpaired) electrons. The molecule has 2 nitrogen and oxygen atoms in total. The first-order valence-electron chi connectivity index (χ1n) is 6.93. The summed E-state index contributed by atoms with van der Waals surface area (Å²) in [5.74, 6) is 1.00. The number of rotatable bonds is 2. The molecule has 1 aromatic rings. The third-order valence-corrected chi connectivity index (χ3v) is 3.65. The molecule has 2 rings (SSSR count). The van der Waals surface area contributed by atoms with Gasteiger partial charge >= 0.3 is 0 Å². The van der Waals surface area contributed by atoms with E-state index >= 15 is 0 Å².